The molecule has 20 heteroatoms. The standard InChI is InChI=1S/C50H59N15O5/c1-29-26-63(42-23-34(11-16-51-42)45-39-24-35(5-8-40(39)54-55-45)52-47(68)44-30(2)59(4)50-56-57-58-65(50)31(44)3)22-21-62(29)28-33-12-17-60(18-13-33)27-32-14-19-61(20-15-32)36-6-7-37-38(25-36)49(70)64(48(37)69)41-9-10-43(66)53-46(41)67/h5-8,11,16,23-25,29,31-33,41H,9-10,12-15,17-22,26-28H2,1-4H3,(H,52,68)(H,54,55)(H,53,66,67)/t29-,31?,41?/m0/s1. The first kappa shape index (κ1) is 45.4. The van der Waals surface area contributed by atoms with Gasteiger partial charge in [-0.2, -0.15) is 5.10 Å². The predicted molar refractivity (Wildman–Crippen MR) is 262 cm³/mol. The monoisotopic (exact) mass is 949 g/mol. The lowest BCUT2D eigenvalue weighted by atomic mass is 9.92. The number of piperidine rings is 3. The van der Waals surface area contributed by atoms with Crippen LogP contribution in [-0.4, -0.2) is 158 Å². The van der Waals surface area contributed by atoms with E-state index in [0.717, 1.165) is 116 Å². The second kappa shape index (κ2) is 18.4. The average Bonchev–Trinajstić information content (AvgIpc) is 4.09. The van der Waals surface area contributed by atoms with E-state index in [1.54, 1.807) is 16.8 Å². The van der Waals surface area contributed by atoms with Crippen LogP contribution in [-0.2, 0) is 14.4 Å². The van der Waals surface area contributed by atoms with E-state index in [1.165, 1.54) is 12.8 Å². The fourth-order valence-corrected chi connectivity index (χ4v) is 11.6. The zero-order valence-corrected chi connectivity index (χ0v) is 40.1. The molecular weight excluding hydrogens is 891 g/mol. The zero-order chi connectivity index (χ0) is 48.4. The summed E-state index contributed by atoms with van der Waals surface area (Å²) in [6.45, 7) is 15.1. The van der Waals surface area contributed by atoms with Gasteiger partial charge >= 0.3 is 0 Å². The number of nitrogens with zero attached hydrogens (tertiary/aromatic N) is 12. The third kappa shape index (κ3) is 8.35. The topological polar surface area (TPSA) is 214 Å². The van der Waals surface area contributed by atoms with Gasteiger partial charge in [-0.1, -0.05) is 5.10 Å². The number of allylic oxidation sites excluding steroid dienone is 1. The number of benzene rings is 2. The molecule has 0 radical (unpaired) electrons. The van der Waals surface area contributed by atoms with Crippen molar-refractivity contribution in [2.24, 2.45) is 11.8 Å². The smallest absolute Gasteiger partial charge is 0.262 e. The van der Waals surface area contributed by atoms with E-state index in [9.17, 15) is 24.0 Å². The molecule has 4 saturated heterocycles. The van der Waals surface area contributed by atoms with Gasteiger partial charge in [-0.25, -0.2) is 9.67 Å². The maximum absolute atomic E-state index is 13.7. The van der Waals surface area contributed by atoms with Crippen LogP contribution in [0.5, 0.6) is 0 Å². The van der Waals surface area contributed by atoms with Gasteiger partial charge in [0.1, 0.15) is 17.6 Å². The molecule has 0 bridgehead atoms. The number of aromatic amines is 1. The minimum Gasteiger partial charge on any atom is -0.371 e. The number of carbonyl (C=O) groups excluding carboxylic acids is 5. The van der Waals surface area contributed by atoms with E-state index in [1.807, 2.05) is 62.3 Å². The number of imide groups is 2. The first-order valence-corrected chi connectivity index (χ1v) is 24.7. The zero-order valence-electron chi connectivity index (χ0n) is 40.1. The lowest BCUT2D eigenvalue weighted by Gasteiger charge is -2.43. The van der Waals surface area contributed by atoms with Crippen LogP contribution in [0.4, 0.5) is 23.1 Å². The number of piperazine rings is 1. The summed E-state index contributed by atoms with van der Waals surface area (Å²) in [6, 6.07) is 14.4. The third-order valence-electron chi connectivity index (χ3n) is 15.7. The predicted octanol–water partition coefficient (Wildman–Crippen LogP) is 4.08. The number of hydrogen-bond donors (Lipinski definition) is 3. The Bertz CT molecular complexity index is 2930. The second-order valence-electron chi connectivity index (χ2n) is 20.0. The summed E-state index contributed by atoms with van der Waals surface area (Å²) >= 11 is 0. The number of H-pyrrole nitrogens is 1. The van der Waals surface area contributed by atoms with Crippen molar-refractivity contribution in [2.75, 3.05) is 86.0 Å². The fraction of sp³-hybridized carbons (Fsp3) is 0.480. The number of pyridine rings is 1. The largest absolute Gasteiger partial charge is 0.371 e. The van der Waals surface area contributed by atoms with Crippen molar-refractivity contribution in [3.05, 3.63) is 77.1 Å². The second-order valence-corrected chi connectivity index (χ2v) is 20.0. The molecule has 364 valence electrons. The number of hydrogen-bond acceptors (Lipinski definition) is 15. The summed E-state index contributed by atoms with van der Waals surface area (Å²) < 4.78 is 1.65. The number of tetrazole rings is 1. The molecule has 0 saturated carbocycles. The number of likely N-dealkylation sites (tertiary alicyclic amines) is 1. The average molecular weight is 950 g/mol. The summed E-state index contributed by atoms with van der Waals surface area (Å²) in [4.78, 5) is 82.2. The molecule has 3 N–H and O–H groups in total. The van der Waals surface area contributed by atoms with Gasteiger partial charge in [0.2, 0.25) is 17.8 Å². The van der Waals surface area contributed by atoms with E-state index >= 15 is 0 Å². The quantitative estimate of drug-likeness (QED) is 0.168. The van der Waals surface area contributed by atoms with Crippen molar-refractivity contribution in [3.63, 3.8) is 0 Å². The van der Waals surface area contributed by atoms with Crippen LogP contribution >= 0.6 is 0 Å². The van der Waals surface area contributed by atoms with Crippen molar-refractivity contribution in [1.82, 2.24) is 55.4 Å². The van der Waals surface area contributed by atoms with Crippen LogP contribution in [0.3, 0.4) is 0 Å². The highest BCUT2D eigenvalue weighted by atomic mass is 16.2. The molecule has 11 rings (SSSR count). The van der Waals surface area contributed by atoms with Crippen molar-refractivity contribution >= 4 is 63.6 Å². The van der Waals surface area contributed by atoms with Crippen LogP contribution in [0.1, 0.15) is 86.1 Å². The summed E-state index contributed by atoms with van der Waals surface area (Å²) in [5.74, 6) is 0.673. The SMILES string of the molecule is CC1=C(C(=O)Nc2ccc3[nH]nc(-c4ccnc(N5CCN(CC6CCN(CC7CCN(c8ccc9c(c8)C(=O)N(C8CCC(=O)NC8=O)C9=O)CC7)CC6)[C@@H](C)C5)c4)c3c2)C(C)n2nnnc2N1C. The van der Waals surface area contributed by atoms with Gasteiger partial charge in [0.05, 0.1) is 28.3 Å². The van der Waals surface area contributed by atoms with E-state index in [4.69, 9.17) is 10.1 Å². The molecule has 6 aliphatic rings. The van der Waals surface area contributed by atoms with E-state index in [-0.39, 0.29) is 30.7 Å². The molecule has 4 fully saturated rings. The highest BCUT2D eigenvalue weighted by Crippen LogP contribution is 2.36. The third-order valence-corrected chi connectivity index (χ3v) is 15.7. The minimum absolute atomic E-state index is 0.0996. The maximum Gasteiger partial charge on any atom is 0.262 e. The first-order valence-electron chi connectivity index (χ1n) is 24.7. The Kier molecular flexibility index (Phi) is 11.9. The minimum atomic E-state index is -0.964. The molecule has 3 atom stereocenters. The van der Waals surface area contributed by atoms with Crippen LogP contribution in [0.25, 0.3) is 22.2 Å². The molecule has 0 spiro atoms. The molecular formula is C50H59N15O5. The Balaban J connectivity index is 0.645. The molecule has 0 aliphatic carbocycles. The van der Waals surface area contributed by atoms with E-state index in [0.29, 0.717) is 46.2 Å². The Labute approximate surface area is 405 Å². The van der Waals surface area contributed by atoms with Gasteiger partial charge in [-0.05, 0) is 137 Å². The number of aromatic nitrogens is 7. The molecule has 5 aromatic rings. The van der Waals surface area contributed by atoms with Crippen molar-refractivity contribution in [1.29, 1.82) is 0 Å². The van der Waals surface area contributed by atoms with Crippen LogP contribution in [0.2, 0.25) is 0 Å². The van der Waals surface area contributed by atoms with Crippen molar-refractivity contribution < 1.29 is 24.0 Å². The van der Waals surface area contributed by atoms with Crippen molar-refractivity contribution in [2.45, 2.75) is 77.4 Å². The Morgan fingerprint density at radius 1 is 0.829 bits per heavy atom. The summed E-state index contributed by atoms with van der Waals surface area (Å²) in [7, 11) is 1.85. The van der Waals surface area contributed by atoms with Gasteiger partial charge in [0, 0.05) is 99.5 Å². The van der Waals surface area contributed by atoms with Crippen LogP contribution in [0, 0.1) is 11.8 Å². The summed E-state index contributed by atoms with van der Waals surface area (Å²) in [6.07, 6.45) is 6.63. The van der Waals surface area contributed by atoms with Gasteiger partial charge in [-0.15, -0.1) is 0 Å². The molecule has 3 aromatic heterocycles. The number of carbonyl (C=O) groups is 5. The van der Waals surface area contributed by atoms with Crippen LogP contribution < -0.4 is 25.3 Å². The van der Waals surface area contributed by atoms with E-state index in [2.05, 4.69) is 63.8 Å². The Hall–Kier alpha value is -7.06. The molecule has 70 heavy (non-hydrogen) atoms. The van der Waals surface area contributed by atoms with Gasteiger partial charge in [-0.3, -0.25) is 44.2 Å². The highest BCUT2D eigenvalue weighted by molar-refractivity contribution is 6.23. The Morgan fingerprint density at radius 3 is 2.39 bits per heavy atom. The highest BCUT2D eigenvalue weighted by Gasteiger charge is 2.45. The molecule has 9 heterocycles. The number of rotatable bonds is 10. The fourth-order valence-electron chi connectivity index (χ4n) is 11.6. The molecule has 6 aliphatic heterocycles. The number of fused-ring (bicyclic) bond motifs is 3. The van der Waals surface area contributed by atoms with Gasteiger partial charge < -0.3 is 24.9 Å². The number of nitrogens with one attached hydrogen (secondary N) is 3. The van der Waals surface area contributed by atoms with E-state index < -0.39 is 23.8 Å². The van der Waals surface area contributed by atoms with Gasteiger partial charge in [0.25, 0.3) is 17.7 Å². The lowest BCUT2D eigenvalue weighted by Crippen LogP contribution is -2.54. The molecule has 2 unspecified atom stereocenters. The molecule has 5 amide bonds. The lowest BCUT2D eigenvalue weighted by molar-refractivity contribution is -0.136. The normalized spacial score (nSPS) is 23.1. The molecule has 2 aromatic carbocycles. The summed E-state index contributed by atoms with van der Waals surface area (Å²) in [5, 5.41) is 26.2. The Morgan fingerprint density at radius 2 is 1.60 bits per heavy atom. The first-order chi connectivity index (χ1) is 33.9. The number of anilines is 4. The van der Waals surface area contributed by atoms with Crippen LogP contribution in [0.15, 0.2) is 66.0 Å². The molecule has 20 nitrogen and oxygen atoms in total. The maximum atomic E-state index is 13.7. The summed E-state index contributed by atoms with van der Waals surface area (Å²) in [5.41, 5.74) is 6.24. The number of amides is 5. The van der Waals surface area contributed by atoms with Crippen molar-refractivity contribution in [3.8, 4) is 11.3 Å². The van der Waals surface area contributed by atoms with Gasteiger partial charge in [0.15, 0.2) is 0 Å².